The molecule has 0 saturated carbocycles. The molecule has 1 heterocycles. The number of non-ortho nitro benzene ring substituents is 1. The fourth-order valence-electron chi connectivity index (χ4n) is 2.64. The van der Waals surface area contributed by atoms with Crippen LogP contribution in [0, 0.1) is 35.3 Å². The monoisotopic (exact) mass is 376 g/mol. The summed E-state index contributed by atoms with van der Waals surface area (Å²) in [5.41, 5.74) is 5.09. The molecule has 0 aliphatic carbocycles. The molecule has 3 aromatic rings. The first-order chi connectivity index (χ1) is 13.0. The van der Waals surface area contributed by atoms with Gasteiger partial charge in [-0.2, -0.15) is 5.26 Å². The third kappa shape index (κ3) is 4.37. The van der Waals surface area contributed by atoms with Crippen LogP contribution in [0.25, 0.3) is 16.8 Å². The minimum Gasteiger partial charge on any atom is -0.360 e. The van der Waals surface area contributed by atoms with Crippen molar-refractivity contribution in [3.8, 4) is 17.3 Å². The van der Waals surface area contributed by atoms with Gasteiger partial charge in [-0.3, -0.25) is 10.1 Å². The Morgan fingerprint density at radius 2 is 1.89 bits per heavy atom. The molecule has 0 spiro atoms. The lowest BCUT2D eigenvalue weighted by Crippen LogP contribution is -1.92. The van der Waals surface area contributed by atoms with Gasteiger partial charge < -0.3 is 5.32 Å². The number of nitrogens with one attached hydrogen (secondary N) is 1. The van der Waals surface area contributed by atoms with Crippen LogP contribution >= 0.6 is 11.3 Å². The van der Waals surface area contributed by atoms with Crippen molar-refractivity contribution in [2.24, 2.45) is 0 Å². The molecule has 0 bridgehead atoms. The Bertz CT molecular complexity index is 1040. The van der Waals surface area contributed by atoms with Gasteiger partial charge in [0, 0.05) is 35.0 Å². The minimum absolute atomic E-state index is 0.0319. The molecule has 2 aromatic carbocycles. The van der Waals surface area contributed by atoms with E-state index in [2.05, 4.69) is 22.4 Å². The number of thiazole rings is 1. The van der Waals surface area contributed by atoms with E-state index in [1.807, 2.05) is 31.4 Å². The number of rotatable bonds is 5. The average molecular weight is 376 g/mol. The van der Waals surface area contributed by atoms with E-state index in [0.717, 1.165) is 22.4 Å². The molecule has 0 atom stereocenters. The number of nitro groups is 1. The third-order valence-electron chi connectivity index (χ3n) is 3.83. The van der Waals surface area contributed by atoms with E-state index in [-0.39, 0.29) is 5.69 Å². The topological polar surface area (TPSA) is 91.8 Å². The average Bonchev–Trinajstić information content (AvgIpc) is 3.11. The summed E-state index contributed by atoms with van der Waals surface area (Å²) in [6, 6.07) is 14.4. The predicted octanol–water partition coefficient (Wildman–Crippen LogP) is 5.31. The van der Waals surface area contributed by atoms with Crippen LogP contribution in [-0.4, -0.2) is 9.91 Å². The minimum atomic E-state index is -0.439. The fourth-order valence-corrected chi connectivity index (χ4v) is 3.43. The number of anilines is 1. The van der Waals surface area contributed by atoms with Crippen molar-refractivity contribution in [1.29, 1.82) is 5.26 Å². The van der Waals surface area contributed by atoms with Crippen LogP contribution in [-0.2, 0) is 0 Å². The summed E-state index contributed by atoms with van der Waals surface area (Å²) >= 11 is 1.35. The standard InChI is InChI=1S/C20H16N4O2S/c1-13-7-14(2)9-17(8-13)22-11-16(10-21)20-23-19(12-27-20)15-3-5-18(6-4-15)24(25)26/h3-9,11-12,22H,1-2H3/b16-11+. The summed E-state index contributed by atoms with van der Waals surface area (Å²) in [6.07, 6.45) is 1.65. The van der Waals surface area contributed by atoms with Crippen LogP contribution in [0.1, 0.15) is 16.1 Å². The number of hydrogen-bond acceptors (Lipinski definition) is 6. The number of allylic oxidation sites excluding steroid dienone is 1. The lowest BCUT2D eigenvalue weighted by atomic mass is 10.1. The van der Waals surface area contributed by atoms with Gasteiger partial charge in [-0.25, -0.2) is 4.98 Å². The quantitative estimate of drug-likeness (QED) is 0.370. The molecule has 1 N–H and O–H groups in total. The van der Waals surface area contributed by atoms with Crippen molar-refractivity contribution >= 4 is 28.3 Å². The van der Waals surface area contributed by atoms with Crippen molar-refractivity contribution in [2.75, 3.05) is 5.32 Å². The smallest absolute Gasteiger partial charge is 0.269 e. The van der Waals surface area contributed by atoms with Crippen molar-refractivity contribution in [3.63, 3.8) is 0 Å². The van der Waals surface area contributed by atoms with E-state index in [9.17, 15) is 15.4 Å². The first-order valence-electron chi connectivity index (χ1n) is 8.12. The SMILES string of the molecule is Cc1cc(C)cc(N/C=C(\C#N)c2nc(-c3ccc([N+](=O)[O-])cc3)cs2)c1. The van der Waals surface area contributed by atoms with Crippen molar-refractivity contribution in [1.82, 2.24) is 4.98 Å². The lowest BCUT2D eigenvalue weighted by molar-refractivity contribution is -0.384. The molecule has 6 nitrogen and oxygen atoms in total. The van der Waals surface area contributed by atoms with Crippen molar-refractivity contribution < 1.29 is 4.92 Å². The van der Waals surface area contributed by atoms with Crippen LogP contribution in [0.4, 0.5) is 11.4 Å². The largest absolute Gasteiger partial charge is 0.360 e. The van der Waals surface area contributed by atoms with E-state index < -0.39 is 4.92 Å². The maximum absolute atomic E-state index is 10.8. The molecule has 0 radical (unpaired) electrons. The molecule has 0 amide bonds. The maximum atomic E-state index is 10.8. The van der Waals surface area contributed by atoms with Gasteiger partial charge in [0.05, 0.1) is 10.6 Å². The Morgan fingerprint density at radius 3 is 2.48 bits per heavy atom. The second-order valence-corrected chi connectivity index (χ2v) is 6.89. The highest BCUT2D eigenvalue weighted by Crippen LogP contribution is 2.27. The summed E-state index contributed by atoms with van der Waals surface area (Å²) in [7, 11) is 0. The highest BCUT2D eigenvalue weighted by Gasteiger charge is 2.11. The van der Waals surface area contributed by atoms with Gasteiger partial charge in [0.25, 0.3) is 5.69 Å². The van der Waals surface area contributed by atoms with Gasteiger partial charge in [-0.1, -0.05) is 6.07 Å². The molecule has 7 heteroatoms. The van der Waals surface area contributed by atoms with Crippen LogP contribution in [0.2, 0.25) is 0 Å². The number of nitriles is 1. The molecule has 0 saturated heterocycles. The third-order valence-corrected chi connectivity index (χ3v) is 4.71. The Balaban J connectivity index is 1.82. The number of nitrogens with zero attached hydrogens (tertiary/aromatic N) is 3. The van der Waals surface area contributed by atoms with Crippen molar-refractivity contribution in [3.05, 3.63) is 80.3 Å². The molecule has 1 aromatic heterocycles. The highest BCUT2D eigenvalue weighted by molar-refractivity contribution is 7.11. The Labute approximate surface area is 160 Å². The maximum Gasteiger partial charge on any atom is 0.269 e. The van der Waals surface area contributed by atoms with Gasteiger partial charge in [0.15, 0.2) is 0 Å². The first-order valence-corrected chi connectivity index (χ1v) is 9.00. The van der Waals surface area contributed by atoms with Gasteiger partial charge in [-0.05, 0) is 49.2 Å². The predicted molar refractivity (Wildman–Crippen MR) is 107 cm³/mol. The summed E-state index contributed by atoms with van der Waals surface area (Å²) in [5, 5.41) is 25.8. The summed E-state index contributed by atoms with van der Waals surface area (Å²) < 4.78 is 0. The van der Waals surface area contributed by atoms with E-state index in [4.69, 9.17) is 0 Å². The number of benzene rings is 2. The zero-order chi connectivity index (χ0) is 19.4. The number of aromatic nitrogens is 1. The van der Waals surface area contributed by atoms with Crippen LogP contribution < -0.4 is 5.32 Å². The van der Waals surface area contributed by atoms with Gasteiger partial charge in [0.1, 0.15) is 16.6 Å². The first kappa shape index (κ1) is 18.3. The van der Waals surface area contributed by atoms with Crippen molar-refractivity contribution in [2.45, 2.75) is 13.8 Å². The fraction of sp³-hybridized carbons (Fsp3) is 0.100. The second-order valence-electron chi connectivity index (χ2n) is 6.03. The van der Waals surface area contributed by atoms with Crippen LogP contribution in [0.5, 0.6) is 0 Å². The molecule has 0 unspecified atom stereocenters. The van der Waals surface area contributed by atoms with Gasteiger partial charge in [-0.15, -0.1) is 11.3 Å². The van der Waals surface area contributed by atoms with E-state index >= 15 is 0 Å². The molecule has 3 rings (SSSR count). The van der Waals surface area contributed by atoms with Crippen LogP contribution in [0.15, 0.2) is 54.0 Å². The lowest BCUT2D eigenvalue weighted by Gasteiger charge is -2.05. The van der Waals surface area contributed by atoms with E-state index in [0.29, 0.717) is 16.3 Å². The Hall–Kier alpha value is -3.50. The Morgan fingerprint density at radius 1 is 1.22 bits per heavy atom. The molecule has 0 fully saturated rings. The summed E-state index contributed by atoms with van der Waals surface area (Å²) in [5.74, 6) is 0. The molecule has 27 heavy (non-hydrogen) atoms. The summed E-state index contributed by atoms with van der Waals surface area (Å²) in [6.45, 7) is 4.04. The molecular formula is C20H16N4O2S. The zero-order valence-electron chi connectivity index (χ0n) is 14.8. The highest BCUT2D eigenvalue weighted by atomic mass is 32.1. The van der Waals surface area contributed by atoms with Crippen LogP contribution in [0.3, 0.4) is 0 Å². The molecule has 134 valence electrons. The zero-order valence-corrected chi connectivity index (χ0v) is 15.6. The number of nitro benzene ring substituents is 1. The van der Waals surface area contributed by atoms with Gasteiger partial charge >= 0.3 is 0 Å². The number of hydrogen-bond donors (Lipinski definition) is 1. The van der Waals surface area contributed by atoms with E-state index in [1.165, 1.54) is 23.5 Å². The molecule has 0 aliphatic heterocycles. The summed E-state index contributed by atoms with van der Waals surface area (Å²) in [4.78, 5) is 14.8. The van der Waals surface area contributed by atoms with E-state index in [1.54, 1.807) is 18.3 Å². The number of aryl methyl sites for hydroxylation is 2. The second kappa shape index (κ2) is 7.81. The van der Waals surface area contributed by atoms with Gasteiger partial charge in [0.2, 0.25) is 0 Å². The molecular weight excluding hydrogens is 360 g/mol. The normalized spacial score (nSPS) is 11.1. The Kier molecular flexibility index (Phi) is 5.29. The molecule has 0 aliphatic rings.